The van der Waals surface area contributed by atoms with Crippen molar-refractivity contribution in [3.05, 3.63) is 45.9 Å². The molecule has 2 aromatic rings. The van der Waals surface area contributed by atoms with Crippen LogP contribution in [0.1, 0.15) is 53.7 Å². The number of aryl methyl sites for hydroxylation is 1. The predicted octanol–water partition coefficient (Wildman–Crippen LogP) is 3.63. The van der Waals surface area contributed by atoms with Crippen molar-refractivity contribution in [2.45, 2.75) is 50.5 Å². The van der Waals surface area contributed by atoms with Crippen LogP contribution >= 0.6 is 11.3 Å². The summed E-state index contributed by atoms with van der Waals surface area (Å²) in [5, 5.41) is 2.88. The molecule has 0 bridgehead atoms. The second-order valence-corrected chi connectivity index (χ2v) is 9.39. The Morgan fingerprint density at radius 2 is 1.81 bits per heavy atom. The van der Waals surface area contributed by atoms with Gasteiger partial charge in [0.05, 0.1) is 21.2 Å². The van der Waals surface area contributed by atoms with E-state index in [0.717, 1.165) is 42.8 Å². The number of carbonyl (C=O) groups is 1. The minimum Gasteiger partial charge on any atom is -0.456 e. The highest BCUT2D eigenvalue weighted by atomic mass is 32.2. The summed E-state index contributed by atoms with van der Waals surface area (Å²) in [5.74, 6) is -0.486. The van der Waals surface area contributed by atoms with Gasteiger partial charge in [-0.05, 0) is 43.5 Å². The third-order valence-electron chi connectivity index (χ3n) is 4.55. The van der Waals surface area contributed by atoms with E-state index >= 15 is 0 Å². The second kappa shape index (κ2) is 8.95. The highest BCUT2D eigenvalue weighted by Gasteiger charge is 2.25. The maximum Gasteiger partial charge on any atom is 0.338 e. The van der Waals surface area contributed by atoms with Gasteiger partial charge in [0, 0.05) is 18.5 Å². The molecule has 1 fully saturated rings. The summed E-state index contributed by atoms with van der Waals surface area (Å²) in [6.07, 6.45) is 4.76. The molecule has 0 aliphatic carbocycles. The molecule has 2 heterocycles. The highest BCUT2D eigenvalue weighted by Crippen LogP contribution is 2.21. The number of esters is 1. The molecule has 27 heavy (non-hydrogen) atoms. The van der Waals surface area contributed by atoms with Gasteiger partial charge in [0.15, 0.2) is 0 Å². The zero-order valence-electron chi connectivity index (χ0n) is 15.4. The van der Waals surface area contributed by atoms with E-state index in [1.807, 2.05) is 12.3 Å². The Labute approximate surface area is 164 Å². The van der Waals surface area contributed by atoms with E-state index in [4.69, 9.17) is 4.74 Å². The number of ether oxygens (including phenoxy) is 1. The van der Waals surface area contributed by atoms with Crippen molar-refractivity contribution in [1.82, 2.24) is 9.29 Å². The van der Waals surface area contributed by atoms with Crippen molar-refractivity contribution in [1.29, 1.82) is 0 Å². The third kappa shape index (κ3) is 4.94. The van der Waals surface area contributed by atoms with E-state index in [-0.39, 0.29) is 11.5 Å². The first-order chi connectivity index (χ1) is 13.0. The van der Waals surface area contributed by atoms with Gasteiger partial charge in [-0.3, -0.25) is 0 Å². The van der Waals surface area contributed by atoms with Crippen LogP contribution in [0.2, 0.25) is 0 Å². The predicted molar refractivity (Wildman–Crippen MR) is 104 cm³/mol. The number of thiazole rings is 1. The molecule has 1 aliphatic rings. The first-order valence-corrected chi connectivity index (χ1v) is 11.5. The summed E-state index contributed by atoms with van der Waals surface area (Å²) >= 11 is 1.54. The van der Waals surface area contributed by atoms with Gasteiger partial charge in [-0.15, -0.1) is 11.3 Å². The molecule has 0 unspecified atom stereocenters. The van der Waals surface area contributed by atoms with Gasteiger partial charge in [0.1, 0.15) is 6.61 Å². The maximum atomic E-state index is 12.8. The molecule has 0 saturated carbocycles. The van der Waals surface area contributed by atoms with E-state index in [0.29, 0.717) is 18.7 Å². The van der Waals surface area contributed by atoms with Gasteiger partial charge in [0.2, 0.25) is 10.0 Å². The molecule has 6 nitrogen and oxygen atoms in total. The fraction of sp³-hybridized carbons (Fsp3) is 0.474. The first kappa shape index (κ1) is 20.0. The summed E-state index contributed by atoms with van der Waals surface area (Å²) in [6, 6.07) is 5.97. The molecule has 1 saturated heterocycles. The van der Waals surface area contributed by atoms with Crippen molar-refractivity contribution in [3.63, 3.8) is 0 Å². The lowest BCUT2D eigenvalue weighted by atomic mass is 10.2. The minimum atomic E-state index is -3.51. The van der Waals surface area contributed by atoms with Crippen molar-refractivity contribution in [3.8, 4) is 0 Å². The molecule has 3 rings (SSSR count). The fourth-order valence-corrected chi connectivity index (χ4v) is 5.24. The highest BCUT2D eigenvalue weighted by molar-refractivity contribution is 7.89. The van der Waals surface area contributed by atoms with E-state index in [1.54, 1.807) is 15.6 Å². The smallest absolute Gasteiger partial charge is 0.338 e. The zero-order valence-corrected chi connectivity index (χ0v) is 17.0. The van der Waals surface area contributed by atoms with Crippen molar-refractivity contribution in [2.75, 3.05) is 13.1 Å². The lowest BCUT2D eigenvalue weighted by Gasteiger charge is -2.19. The molecule has 146 valence electrons. The van der Waals surface area contributed by atoms with Gasteiger partial charge < -0.3 is 4.74 Å². The number of rotatable bonds is 6. The molecular weight excluding hydrogens is 384 g/mol. The lowest BCUT2D eigenvalue weighted by molar-refractivity contribution is 0.0468. The van der Waals surface area contributed by atoms with Crippen molar-refractivity contribution in [2.24, 2.45) is 0 Å². The largest absolute Gasteiger partial charge is 0.456 e. The average Bonchev–Trinajstić information content (AvgIpc) is 2.96. The van der Waals surface area contributed by atoms with Crippen LogP contribution in [0.5, 0.6) is 0 Å². The van der Waals surface area contributed by atoms with Crippen LogP contribution < -0.4 is 0 Å². The number of aromatic nitrogens is 1. The van der Waals surface area contributed by atoms with Crippen LogP contribution in [0.3, 0.4) is 0 Å². The summed E-state index contributed by atoms with van der Waals surface area (Å²) < 4.78 is 32.3. The number of hydrogen-bond acceptors (Lipinski definition) is 6. The normalized spacial score (nSPS) is 16.0. The molecular formula is C19H24N2O4S2. The molecule has 0 atom stereocenters. The van der Waals surface area contributed by atoms with Crippen LogP contribution in [0, 0.1) is 0 Å². The topological polar surface area (TPSA) is 76.6 Å². The third-order valence-corrected chi connectivity index (χ3v) is 7.50. The molecule has 8 heteroatoms. The molecule has 0 N–H and O–H groups in total. The Balaban J connectivity index is 1.64. The zero-order chi connectivity index (χ0) is 19.3. The van der Waals surface area contributed by atoms with Crippen molar-refractivity contribution < 1.29 is 17.9 Å². The van der Waals surface area contributed by atoms with Crippen LogP contribution in [-0.2, 0) is 27.8 Å². The second-order valence-electron chi connectivity index (χ2n) is 6.50. The Bertz CT molecular complexity index is 867. The van der Waals surface area contributed by atoms with Crippen LogP contribution in [0.15, 0.2) is 34.5 Å². The monoisotopic (exact) mass is 408 g/mol. The van der Waals surface area contributed by atoms with Crippen LogP contribution in [0.4, 0.5) is 0 Å². The van der Waals surface area contributed by atoms with Gasteiger partial charge in [-0.1, -0.05) is 19.8 Å². The van der Waals surface area contributed by atoms with Gasteiger partial charge in [-0.25, -0.2) is 18.2 Å². The Kier molecular flexibility index (Phi) is 6.62. The van der Waals surface area contributed by atoms with E-state index in [1.165, 1.54) is 24.3 Å². The SMILES string of the molecule is CCc1nc(COC(=O)c2ccc(S(=O)(=O)N3CCCCCC3)cc2)cs1. The van der Waals surface area contributed by atoms with Gasteiger partial charge in [0.25, 0.3) is 0 Å². The summed E-state index contributed by atoms with van der Waals surface area (Å²) in [7, 11) is -3.51. The summed E-state index contributed by atoms with van der Waals surface area (Å²) in [6.45, 7) is 3.25. The summed E-state index contributed by atoms with van der Waals surface area (Å²) in [4.78, 5) is 16.8. The molecule has 0 radical (unpaired) electrons. The molecule has 1 aliphatic heterocycles. The number of carbonyl (C=O) groups excluding carboxylic acids is 1. The number of sulfonamides is 1. The number of nitrogens with zero attached hydrogens (tertiary/aromatic N) is 2. The molecule has 1 aromatic carbocycles. The molecule has 1 aromatic heterocycles. The Morgan fingerprint density at radius 3 is 2.41 bits per heavy atom. The van der Waals surface area contributed by atoms with Gasteiger partial charge >= 0.3 is 5.97 Å². The van der Waals surface area contributed by atoms with Crippen LogP contribution in [-0.4, -0.2) is 36.8 Å². The first-order valence-electron chi connectivity index (χ1n) is 9.21. The summed E-state index contributed by atoms with van der Waals surface area (Å²) in [5.41, 5.74) is 1.06. The standard InChI is InChI=1S/C19H24N2O4S2/c1-2-18-20-16(14-26-18)13-25-19(22)15-7-9-17(10-8-15)27(23,24)21-11-5-3-4-6-12-21/h7-10,14H,2-6,11-13H2,1H3. The Hall–Kier alpha value is -1.77. The number of benzene rings is 1. The maximum absolute atomic E-state index is 12.8. The molecule has 0 amide bonds. The average molecular weight is 409 g/mol. The van der Waals surface area contributed by atoms with Gasteiger partial charge in [-0.2, -0.15) is 4.31 Å². The number of hydrogen-bond donors (Lipinski definition) is 0. The Morgan fingerprint density at radius 1 is 1.15 bits per heavy atom. The van der Waals surface area contributed by atoms with E-state index in [9.17, 15) is 13.2 Å². The van der Waals surface area contributed by atoms with E-state index in [2.05, 4.69) is 4.98 Å². The van der Waals surface area contributed by atoms with Crippen LogP contribution in [0.25, 0.3) is 0 Å². The quantitative estimate of drug-likeness (QED) is 0.682. The molecule has 0 spiro atoms. The van der Waals surface area contributed by atoms with E-state index < -0.39 is 16.0 Å². The minimum absolute atomic E-state index is 0.114. The lowest BCUT2D eigenvalue weighted by Crippen LogP contribution is -2.31. The van der Waals surface area contributed by atoms with Crippen molar-refractivity contribution >= 4 is 27.3 Å². The fourth-order valence-electron chi connectivity index (χ4n) is 2.99.